The fourth-order valence-electron chi connectivity index (χ4n) is 2.66. The van der Waals surface area contributed by atoms with Crippen LogP contribution in [-0.4, -0.2) is 11.1 Å². The largest absolute Gasteiger partial charge is 0.481 e. The lowest BCUT2D eigenvalue weighted by atomic mass is 9.61. The van der Waals surface area contributed by atoms with Gasteiger partial charge in [0.2, 0.25) is 0 Å². The van der Waals surface area contributed by atoms with Crippen LogP contribution in [0.15, 0.2) is 18.2 Å². The third-order valence-electron chi connectivity index (χ3n) is 3.56. The maximum atomic E-state index is 13.0. The zero-order valence-electron chi connectivity index (χ0n) is 9.29. The standard InChI is InChI=1S/C13H15FO2/c1-9-7-10(14)3-4-11(9)13(5-2-6-13)8-12(15)16/h3-4,7H,2,5-6,8H2,1H3,(H,15,16). The summed E-state index contributed by atoms with van der Waals surface area (Å²) in [4.78, 5) is 10.9. The van der Waals surface area contributed by atoms with E-state index in [0.717, 1.165) is 30.4 Å². The Morgan fingerprint density at radius 3 is 2.62 bits per heavy atom. The number of aliphatic carboxylic acids is 1. The van der Waals surface area contributed by atoms with Gasteiger partial charge in [0.05, 0.1) is 6.42 Å². The summed E-state index contributed by atoms with van der Waals surface area (Å²) in [5.74, 6) is -1.03. The number of carboxylic acid groups (broad SMARTS) is 1. The summed E-state index contributed by atoms with van der Waals surface area (Å²) < 4.78 is 13.0. The Hall–Kier alpha value is -1.38. The zero-order chi connectivity index (χ0) is 11.8. The van der Waals surface area contributed by atoms with Crippen LogP contribution in [0.2, 0.25) is 0 Å². The molecule has 0 atom stereocenters. The average Bonchev–Trinajstić information content (AvgIpc) is 2.12. The second-order valence-electron chi connectivity index (χ2n) is 4.66. The van der Waals surface area contributed by atoms with E-state index in [9.17, 15) is 9.18 Å². The van der Waals surface area contributed by atoms with Gasteiger partial charge in [0.15, 0.2) is 0 Å². The summed E-state index contributed by atoms with van der Waals surface area (Å²) in [5, 5.41) is 8.95. The molecular formula is C13H15FO2. The van der Waals surface area contributed by atoms with E-state index in [-0.39, 0.29) is 17.7 Å². The van der Waals surface area contributed by atoms with Gasteiger partial charge in [0, 0.05) is 5.41 Å². The summed E-state index contributed by atoms with van der Waals surface area (Å²) in [7, 11) is 0. The van der Waals surface area contributed by atoms with Crippen molar-refractivity contribution in [3.05, 3.63) is 35.1 Å². The number of hydrogen-bond acceptors (Lipinski definition) is 1. The van der Waals surface area contributed by atoms with Gasteiger partial charge in [-0.05, 0) is 43.0 Å². The third-order valence-corrected chi connectivity index (χ3v) is 3.56. The van der Waals surface area contributed by atoms with Gasteiger partial charge in [0.1, 0.15) is 5.82 Å². The molecule has 0 spiro atoms. The molecule has 0 unspecified atom stereocenters. The van der Waals surface area contributed by atoms with Crippen LogP contribution in [0.25, 0.3) is 0 Å². The van der Waals surface area contributed by atoms with E-state index in [2.05, 4.69) is 0 Å². The van der Waals surface area contributed by atoms with Crippen LogP contribution in [0.4, 0.5) is 4.39 Å². The van der Waals surface area contributed by atoms with Crippen LogP contribution in [0.5, 0.6) is 0 Å². The van der Waals surface area contributed by atoms with E-state index in [1.54, 1.807) is 6.07 Å². The van der Waals surface area contributed by atoms with Crippen molar-refractivity contribution < 1.29 is 14.3 Å². The number of halogens is 1. The highest BCUT2D eigenvalue weighted by molar-refractivity contribution is 5.69. The molecule has 0 saturated heterocycles. The highest BCUT2D eigenvalue weighted by Gasteiger charge is 2.41. The molecular weight excluding hydrogens is 207 g/mol. The summed E-state index contributed by atoms with van der Waals surface area (Å²) in [6.07, 6.45) is 3.00. The van der Waals surface area contributed by atoms with Gasteiger partial charge in [-0.1, -0.05) is 12.5 Å². The Labute approximate surface area is 94.1 Å². The molecule has 1 N–H and O–H groups in total. The van der Waals surface area contributed by atoms with Crippen molar-refractivity contribution in [3.8, 4) is 0 Å². The Morgan fingerprint density at radius 1 is 1.50 bits per heavy atom. The van der Waals surface area contributed by atoms with Crippen LogP contribution in [0.1, 0.15) is 36.8 Å². The number of benzene rings is 1. The monoisotopic (exact) mass is 222 g/mol. The summed E-state index contributed by atoms with van der Waals surface area (Å²) in [6.45, 7) is 1.85. The first kappa shape index (κ1) is 11.1. The third kappa shape index (κ3) is 1.82. The topological polar surface area (TPSA) is 37.3 Å². The summed E-state index contributed by atoms with van der Waals surface area (Å²) >= 11 is 0. The Morgan fingerprint density at radius 2 is 2.19 bits per heavy atom. The van der Waals surface area contributed by atoms with Gasteiger partial charge in [-0.3, -0.25) is 4.79 Å². The van der Waals surface area contributed by atoms with Crippen LogP contribution >= 0.6 is 0 Å². The number of rotatable bonds is 3. The molecule has 1 aromatic carbocycles. The fraction of sp³-hybridized carbons (Fsp3) is 0.462. The zero-order valence-corrected chi connectivity index (χ0v) is 9.29. The Kier molecular flexibility index (Phi) is 2.70. The van der Waals surface area contributed by atoms with Gasteiger partial charge < -0.3 is 5.11 Å². The van der Waals surface area contributed by atoms with Crippen LogP contribution in [0, 0.1) is 12.7 Å². The van der Waals surface area contributed by atoms with E-state index in [1.165, 1.54) is 12.1 Å². The first-order valence-electron chi connectivity index (χ1n) is 5.52. The molecule has 0 aliphatic heterocycles. The van der Waals surface area contributed by atoms with Crippen molar-refractivity contribution in [2.75, 3.05) is 0 Å². The van der Waals surface area contributed by atoms with Crippen LogP contribution in [-0.2, 0) is 10.2 Å². The van der Waals surface area contributed by atoms with E-state index < -0.39 is 5.97 Å². The van der Waals surface area contributed by atoms with Gasteiger partial charge in [-0.15, -0.1) is 0 Å². The van der Waals surface area contributed by atoms with E-state index in [0.29, 0.717) is 0 Å². The Bertz CT molecular complexity index is 422. The molecule has 1 aromatic rings. The minimum absolute atomic E-state index is 0.152. The highest BCUT2D eigenvalue weighted by Crippen LogP contribution is 2.47. The molecule has 86 valence electrons. The number of aryl methyl sites for hydroxylation is 1. The Balaban J connectivity index is 2.36. The maximum absolute atomic E-state index is 13.0. The molecule has 1 aliphatic carbocycles. The predicted molar refractivity (Wildman–Crippen MR) is 58.9 cm³/mol. The highest BCUT2D eigenvalue weighted by atomic mass is 19.1. The number of hydrogen-bond donors (Lipinski definition) is 1. The average molecular weight is 222 g/mol. The first-order valence-corrected chi connectivity index (χ1v) is 5.52. The molecule has 3 heteroatoms. The number of carboxylic acids is 1. The molecule has 0 amide bonds. The smallest absolute Gasteiger partial charge is 0.304 e. The lowest BCUT2D eigenvalue weighted by Crippen LogP contribution is -2.37. The number of carbonyl (C=O) groups is 1. The van der Waals surface area contributed by atoms with Crippen LogP contribution < -0.4 is 0 Å². The first-order chi connectivity index (χ1) is 7.53. The molecule has 2 rings (SSSR count). The van der Waals surface area contributed by atoms with Gasteiger partial charge in [-0.25, -0.2) is 4.39 Å². The quantitative estimate of drug-likeness (QED) is 0.853. The molecule has 0 aromatic heterocycles. The second kappa shape index (κ2) is 3.89. The predicted octanol–water partition coefficient (Wildman–Crippen LogP) is 3.03. The van der Waals surface area contributed by atoms with Gasteiger partial charge in [-0.2, -0.15) is 0 Å². The summed E-state index contributed by atoms with van der Waals surface area (Å²) in [5.41, 5.74) is 1.62. The lowest BCUT2D eigenvalue weighted by Gasteiger charge is -2.42. The molecule has 0 radical (unpaired) electrons. The maximum Gasteiger partial charge on any atom is 0.304 e. The van der Waals surface area contributed by atoms with Crippen LogP contribution in [0.3, 0.4) is 0 Å². The lowest BCUT2D eigenvalue weighted by molar-refractivity contribution is -0.139. The van der Waals surface area contributed by atoms with Crippen molar-refractivity contribution in [2.24, 2.45) is 0 Å². The van der Waals surface area contributed by atoms with Crippen molar-refractivity contribution in [1.82, 2.24) is 0 Å². The normalized spacial score (nSPS) is 17.9. The fourth-order valence-corrected chi connectivity index (χ4v) is 2.66. The minimum Gasteiger partial charge on any atom is -0.481 e. The van der Waals surface area contributed by atoms with Gasteiger partial charge >= 0.3 is 5.97 Å². The van der Waals surface area contributed by atoms with Gasteiger partial charge in [0.25, 0.3) is 0 Å². The van der Waals surface area contributed by atoms with Crippen molar-refractivity contribution in [3.63, 3.8) is 0 Å². The van der Waals surface area contributed by atoms with E-state index in [4.69, 9.17) is 5.11 Å². The van der Waals surface area contributed by atoms with E-state index >= 15 is 0 Å². The second-order valence-corrected chi connectivity index (χ2v) is 4.66. The molecule has 0 bridgehead atoms. The summed E-state index contributed by atoms with van der Waals surface area (Å²) in [6, 6.07) is 4.65. The molecule has 2 nitrogen and oxygen atoms in total. The minimum atomic E-state index is -0.775. The molecule has 1 aliphatic rings. The molecule has 16 heavy (non-hydrogen) atoms. The van der Waals surface area contributed by atoms with Crippen molar-refractivity contribution in [1.29, 1.82) is 0 Å². The molecule has 1 fully saturated rings. The van der Waals surface area contributed by atoms with Crippen molar-refractivity contribution >= 4 is 5.97 Å². The molecule has 0 heterocycles. The SMILES string of the molecule is Cc1cc(F)ccc1C1(CC(=O)O)CCC1. The van der Waals surface area contributed by atoms with E-state index in [1.807, 2.05) is 6.92 Å². The van der Waals surface area contributed by atoms with Crippen molar-refractivity contribution in [2.45, 2.75) is 38.0 Å². The molecule has 1 saturated carbocycles.